The van der Waals surface area contributed by atoms with Crippen LogP contribution in [0.5, 0.6) is 0 Å². The van der Waals surface area contributed by atoms with Gasteiger partial charge >= 0.3 is 0 Å². The van der Waals surface area contributed by atoms with Crippen molar-refractivity contribution in [3.63, 3.8) is 0 Å². The zero-order valence-corrected chi connectivity index (χ0v) is 50.9. The van der Waals surface area contributed by atoms with Crippen LogP contribution < -0.4 is 15.1 Å². The van der Waals surface area contributed by atoms with Crippen LogP contribution in [0.4, 0.5) is 17.1 Å². The minimum Gasteiger partial charge on any atom is -0.396 e. The molecule has 0 spiro atoms. The van der Waals surface area contributed by atoms with E-state index in [2.05, 4.69) is 81.6 Å². The number of carbonyl (C=O) groups excluding carboxylic acids is 3. The van der Waals surface area contributed by atoms with Crippen molar-refractivity contribution in [2.75, 3.05) is 47.9 Å². The van der Waals surface area contributed by atoms with Gasteiger partial charge in [-0.3, -0.25) is 14.4 Å². The fraction of sp³-hybridized carbons (Fsp3) is 0.386. The molecule has 3 amide bonds. The molecule has 9 aliphatic rings. The van der Waals surface area contributed by atoms with Gasteiger partial charge in [0.15, 0.2) is 0 Å². The molecule has 1 saturated heterocycles. The Bertz CT molecular complexity index is 4150. The van der Waals surface area contributed by atoms with E-state index in [1.54, 1.807) is 6.92 Å². The number of aliphatic hydroxyl groups is 1. The van der Waals surface area contributed by atoms with Crippen LogP contribution in [0, 0.1) is 35.0 Å². The van der Waals surface area contributed by atoms with Crippen LogP contribution in [0.15, 0.2) is 115 Å². The molecule has 17 heteroatoms. The molecule has 7 atom stereocenters. The Morgan fingerprint density at radius 1 is 0.655 bits per heavy atom. The Balaban J connectivity index is 0.741. The molecule has 87 heavy (non-hydrogen) atoms. The lowest BCUT2D eigenvalue weighted by Gasteiger charge is -2.61. The SMILES string of the molecule is CC(=O)N1Cc2ccccc2-c2nnn(C34C[C@@H]5C[C@@H](CC(C(=O)Nc6cc(Cn7nnc8c7-c7ccccc7CCc7ccccc7-8)cc(C(=O)N7CCN(c8c(Cl)c(Cl)c9c(c8Cl)CC[C@H]8[C@H](CO)[C@H]8CC9)CC7)c6)(C5)C3)C4)c2-c2ccccc21. The fourth-order valence-electron chi connectivity index (χ4n) is 17.7. The van der Waals surface area contributed by atoms with Crippen LogP contribution in [-0.4, -0.2) is 90.5 Å². The molecule has 7 aliphatic carbocycles. The smallest absolute Gasteiger partial charge is 0.254 e. The number of hydrogen-bond donors (Lipinski definition) is 2. The van der Waals surface area contributed by atoms with Crippen LogP contribution >= 0.6 is 34.8 Å². The number of hydrogen-bond acceptors (Lipinski definition) is 9. The number of anilines is 3. The second-order valence-electron chi connectivity index (χ2n) is 26.4. The van der Waals surface area contributed by atoms with Crippen molar-refractivity contribution in [1.82, 2.24) is 34.9 Å². The quantitative estimate of drug-likeness (QED) is 0.142. The number of benzene rings is 6. The fourth-order valence-corrected chi connectivity index (χ4v) is 18.8. The predicted octanol–water partition coefficient (Wildman–Crippen LogP) is 13.1. The molecule has 5 saturated carbocycles. The summed E-state index contributed by atoms with van der Waals surface area (Å²) in [5.74, 6) is 1.67. The normalized spacial score (nSPS) is 24.7. The van der Waals surface area contributed by atoms with Gasteiger partial charge < -0.3 is 25.1 Å². The first-order valence-corrected chi connectivity index (χ1v) is 32.3. The van der Waals surface area contributed by atoms with E-state index in [0.29, 0.717) is 83.2 Å². The highest BCUT2D eigenvalue weighted by atomic mass is 35.5. The van der Waals surface area contributed by atoms with E-state index in [4.69, 9.17) is 55.4 Å². The third-order valence-corrected chi connectivity index (χ3v) is 22.7. The maximum absolute atomic E-state index is 15.8. The number of halogens is 3. The molecule has 442 valence electrons. The number of aliphatic hydroxyl groups excluding tert-OH is 1. The highest BCUT2D eigenvalue weighted by molar-refractivity contribution is 6.47. The molecule has 2 unspecified atom stereocenters. The molecule has 14 nitrogen and oxygen atoms in total. The largest absolute Gasteiger partial charge is 0.396 e. The van der Waals surface area contributed by atoms with Crippen molar-refractivity contribution >= 4 is 69.6 Å². The van der Waals surface area contributed by atoms with Crippen molar-refractivity contribution in [3.8, 4) is 45.0 Å². The van der Waals surface area contributed by atoms with Gasteiger partial charge in [-0.2, -0.15) is 0 Å². The molecular formula is C70H67Cl3N10O4. The number of piperazine rings is 1. The second-order valence-corrected chi connectivity index (χ2v) is 27.5. The maximum atomic E-state index is 15.8. The van der Waals surface area contributed by atoms with Gasteiger partial charge in [-0.15, -0.1) is 10.2 Å². The highest BCUT2D eigenvalue weighted by Crippen LogP contribution is 2.65. The van der Waals surface area contributed by atoms with Crippen LogP contribution in [-0.2, 0) is 53.9 Å². The summed E-state index contributed by atoms with van der Waals surface area (Å²) in [6.45, 7) is 4.32. The predicted molar refractivity (Wildman–Crippen MR) is 339 cm³/mol. The van der Waals surface area contributed by atoms with Crippen LogP contribution in [0.1, 0.15) is 102 Å². The summed E-state index contributed by atoms with van der Waals surface area (Å²) in [4.78, 5) is 50.6. The Morgan fingerprint density at radius 3 is 1.97 bits per heavy atom. The average molecular weight is 1220 g/mol. The van der Waals surface area contributed by atoms with Gasteiger partial charge in [0.1, 0.15) is 11.4 Å². The van der Waals surface area contributed by atoms with Crippen LogP contribution in [0.2, 0.25) is 15.1 Å². The monoisotopic (exact) mass is 1220 g/mol. The first kappa shape index (κ1) is 55.0. The molecule has 4 bridgehead atoms. The molecule has 4 heterocycles. The number of rotatable bonds is 8. The molecule has 0 radical (unpaired) electrons. The Morgan fingerprint density at radius 2 is 1.26 bits per heavy atom. The lowest BCUT2D eigenvalue weighted by atomic mass is 9.46. The molecule has 2 aliphatic heterocycles. The van der Waals surface area contributed by atoms with Gasteiger partial charge in [0.2, 0.25) is 11.8 Å². The molecule has 2 N–H and O–H groups in total. The molecule has 6 aromatic carbocycles. The third-order valence-electron chi connectivity index (χ3n) is 21.4. The summed E-state index contributed by atoms with van der Waals surface area (Å²) in [7, 11) is 0. The van der Waals surface area contributed by atoms with E-state index in [-0.39, 0.29) is 42.7 Å². The highest BCUT2D eigenvalue weighted by Gasteiger charge is 2.62. The molecule has 6 fully saturated rings. The van der Waals surface area contributed by atoms with Gasteiger partial charge in [-0.05, 0) is 164 Å². The van der Waals surface area contributed by atoms with E-state index in [9.17, 15) is 9.90 Å². The third kappa shape index (κ3) is 9.07. The van der Waals surface area contributed by atoms with Crippen molar-refractivity contribution < 1.29 is 19.5 Å². The van der Waals surface area contributed by atoms with Crippen molar-refractivity contribution in [2.45, 2.75) is 103 Å². The number of aromatic nitrogens is 6. The van der Waals surface area contributed by atoms with Crippen molar-refractivity contribution in [2.24, 2.45) is 35.0 Å². The number of nitrogens with one attached hydrogen (secondary N) is 1. The minimum absolute atomic E-state index is 0.0487. The number of para-hydroxylation sites is 1. The van der Waals surface area contributed by atoms with Crippen molar-refractivity contribution in [1.29, 1.82) is 0 Å². The zero-order valence-electron chi connectivity index (χ0n) is 48.6. The van der Waals surface area contributed by atoms with Gasteiger partial charge in [0.25, 0.3) is 5.91 Å². The molecule has 8 aromatic rings. The number of fused-ring (bicyclic) bond motifs is 12. The van der Waals surface area contributed by atoms with Gasteiger partial charge in [0, 0.05) is 73.2 Å². The summed E-state index contributed by atoms with van der Waals surface area (Å²) in [5, 5.41) is 35.1. The first-order chi connectivity index (χ1) is 42.4. The number of carbonyl (C=O) groups is 3. The summed E-state index contributed by atoms with van der Waals surface area (Å²) >= 11 is 21.7. The van der Waals surface area contributed by atoms with E-state index >= 15 is 9.59 Å². The number of amides is 3. The minimum atomic E-state index is -0.731. The van der Waals surface area contributed by atoms with E-state index in [1.807, 2.05) is 63.0 Å². The van der Waals surface area contributed by atoms with Gasteiger partial charge in [-0.25, -0.2) is 9.36 Å². The topological polar surface area (TPSA) is 155 Å². The van der Waals surface area contributed by atoms with E-state index < -0.39 is 11.0 Å². The molecule has 2 aromatic heterocycles. The van der Waals surface area contributed by atoms with Crippen molar-refractivity contribution in [3.05, 3.63) is 169 Å². The van der Waals surface area contributed by atoms with E-state index in [1.165, 1.54) is 11.1 Å². The zero-order chi connectivity index (χ0) is 59.0. The number of aryl methyl sites for hydroxylation is 2. The molecular weight excluding hydrogens is 1150 g/mol. The summed E-state index contributed by atoms with van der Waals surface area (Å²) < 4.78 is 4.12. The maximum Gasteiger partial charge on any atom is 0.254 e. The second kappa shape index (κ2) is 21.2. The Kier molecular flexibility index (Phi) is 13.4. The standard InChI is InChI=1S/C70H67Cl3N10O4/c1-40(85)81-37-46-12-4-6-14-50(46)63-65(56-16-8-9-17-58(56)81)83(78-76-63)70-34-42-28-43(35-70)33-69(32-42,39-70)68(87)74-48-30-41(36-82-64-51-15-7-3-11-45(51)19-18-44-10-2-5-13-49(44)62(64)75-77-82)29-47(31-48)67(86)80-26-24-79(25-27-80)66-60(72)55-23-21-53-52(57(53)38-84)20-22-54(55)59(71)61(66)73/h2-17,29-31,42-43,52-53,57,84H,18-28,32-39H2,1H3,(H,74,87)/t42-,43+,52-,53+,57+,69?,70?/m0/s1. The van der Waals surface area contributed by atoms with E-state index in [0.717, 1.165) is 149 Å². The Labute approximate surface area is 520 Å². The first-order valence-electron chi connectivity index (χ1n) is 31.2. The van der Waals surface area contributed by atoms with Crippen LogP contribution in [0.3, 0.4) is 0 Å². The average Bonchev–Trinajstić information content (AvgIpc) is 1.68. The summed E-state index contributed by atoms with van der Waals surface area (Å²) in [6.07, 6.45) is 10.1. The number of nitrogens with zero attached hydrogens (tertiary/aromatic N) is 9. The lowest BCUT2D eigenvalue weighted by Crippen LogP contribution is -2.60. The van der Waals surface area contributed by atoms with Crippen LogP contribution in [0.25, 0.3) is 45.0 Å². The Hall–Kier alpha value is -7.36. The summed E-state index contributed by atoms with van der Waals surface area (Å²) in [6, 6.07) is 39.0. The summed E-state index contributed by atoms with van der Waals surface area (Å²) in [5.41, 5.74) is 14.9. The molecule has 17 rings (SSSR count). The van der Waals surface area contributed by atoms with Gasteiger partial charge in [0.05, 0.1) is 61.9 Å². The lowest BCUT2D eigenvalue weighted by molar-refractivity contribution is -0.150. The van der Waals surface area contributed by atoms with Gasteiger partial charge in [-0.1, -0.05) is 136 Å².